The summed E-state index contributed by atoms with van der Waals surface area (Å²) in [5.41, 5.74) is -0.933. The van der Waals surface area contributed by atoms with E-state index < -0.39 is 25.4 Å². The van der Waals surface area contributed by atoms with Crippen LogP contribution in [0.5, 0.6) is 0 Å². The molecule has 0 amide bonds. The topological polar surface area (TPSA) is 54.4 Å². The van der Waals surface area contributed by atoms with Crippen LogP contribution < -0.4 is 0 Å². The molecular weight excluding hydrogens is 267 g/mol. The minimum atomic E-state index is -4.17. The van der Waals surface area contributed by atoms with Gasteiger partial charge in [0, 0.05) is 0 Å². The molecule has 3 nitrogen and oxygen atoms in total. The zero-order chi connectivity index (χ0) is 14.8. The monoisotopic (exact) mass is 296 g/mol. The van der Waals surface area contributed by atoms with Crippen molar-refractivity contribution in [1.29, 1.82) is 0 Å². The number of rotatable bonds is 7. The molecule has 0 rings (SSSR count). The van der Waals surface area contributed by atoms with Crippen molar-refractivity contribution in [3.8, 4) is 0 Å². The molecule has 0 aliphatic carbocycles. The second-order valence-electron chi connectivity index (χ2n) is 5.75. The highest BCUT2D eigenvalue weighted by Gasteiger charge is 2.60. The first-order chi connectivity index (χ1) is 7.99. The average Bonchev–Trinajstić information content (AvgIpc) is 2.34. The van der Waals surface area contributed by atoms with E-state index in [1.54, 1.807) is 0 Å². The summed E-state index contributed by atoms with van der Waals surface area (Å²) in [5, 5.41) is 0. The van der Waals surface area contributed by atoms with Gasteiger partial charge >= 0.3 is 0 Å². The van der Waals surface area contributed by atoms with Crippen molar-refractivity contribution >= 4 is 19.4 Å². The Morgan fingerprint density at radius 1 is 0.889 bits per heavy atom. The predicted octanol–water partition coefficient (Wildman–Crippen LogP) is 4.10. The molecule has 0 fully saturated rings. The molecule has 1 N–H and O–H groups in total. The average molecular weight is 296 g/mol. The van der Waals surface area contributed by atoms with E-state index in [2.05, 4.69) is 9.24 Å². The van der Waals surface area contributed by atoms with Crippen LogP contribution >= 0.6 is 9.24 Å². The molecule has 0 bridgehead atoms. The smallest absolute Gasteiger partial charge is 0.275 e. The van der Waals surface area contributed by atoms with Gasteiger partial charge in [-0.1, -0.05) is 41.5 Å². The van der Waals surface area contributed by atoms with Gasteiger partial charge in [-0.25, -0.2) is 0 Å². The molecule has 1 unspecified atom stereocenters. The molecule has 0 aromatic heterocycles. The Kier molecular flexibility index (Phi) is 5.87. The van der Waals surface area contributed by atoms with E-state index in [9.17, 15) is 13.0 Å². The van der Waals surface area contributed by atoms with E-state index >= 15 is 0 Å². The minimum absolute atomic E-state index is 0.466. The maximum absolute atomic E-state index is 12.1. The second kappa shape index (κ2) is 5.76. The third kappa shape index (κ3) is 2.48. The Bertz CT molecular complexity index is 350. The van der Waals surface area contributed by atoms with E-state index in [-0.39, 0.29) is 0 Å². The predicted molar refractivity (Wildman–Crippen MR) is 81.4 cm³/mol. The van der Waals surface area contributed by atoms with Crippen LogP contribution in [-0.4, -0.2) is 17.5 Å². The molecule has 0 aromatic rings. The van der Waals surface area contributed by atoms with E-state index in [4.69, 9.17) is 0 Å². The molecule has 0 saturated carbocycles. The molecule has 18 heavy (non-hydrogen) atoms. The summed E-state index contributed by atoms with van der Waals surface area (Å²) in [6.45, 7) is 11.9. The van der Waals surface area contributed by atoms with Crippen molar-refractivity contribution < 1.29 is 13.0 Å². The minimum Gasteiger partial charge on any atom is -0.285 e. The van der Waals surface area contributed by atoms with Crippen LogP contribution in [0, 0.1) is 10.8 Å². The lowest BCUT2D eigenvalue weighted by atomic mass is 9.66. The third-order valence-corrected chi connectivity index (χ3v) is 9.41. The van der Waals surface area contributed by atoms with Gasteiger partial charge in [-0.3, -0.25) is 4.55 Å². The number of hydrogen-bond donors (Lipinski definition) is 1. The van der Waals surface area contributed by atoms with Gasteiger partial charge in [0.25, 0.3) is 10.1 Å². The lowest BCUT2D eigenvalue weighted by Crippen LogP contribution is -2.57. The zero-order valence-electron chi connectivity index (χ0n) is 12.6. The quantitative estimate of drug-likeness (QED) is 0.568. The standard InChI is InChI=1S/C13H29O3PS/c1-7-11(5,8-2)13(17,18(14,15)16)12(6,9-3)10-4/h7-10,17H2,1-6H3,(H,14,15,16). The van der Waals surface area contributed by atoms with Crippen molar-refractivity contribution in [3.63, 3.8) is 0 Å². The maximum Gasteiger partial charge on any atom is 0.275 e. The van der Waals surface area contributed by atoms with Gasteiger partial charge in [0.2, 0.25) is 0 Å². The van der Waals surface area contributed by atoms with Gasteiger partial charge < -0.3 is 0 Å². The van der Waals surface area contributed by atoms with Gasteiger partial charge in [0.05, 0.1) is 0 Å². The van der Waals surface area contributed by atoms with Gasteiger partial charge in [0.15, 0.2) is 0 Å². The van der Waals surface area contributed by atoms with E-state index in [0.29, 0.717) is 25.7 Å². The van der Waals surface area contributed by atoms with Crippen molar-refractivity contribution in [2.24, 2.45) is 10.8 Å². The fraction of sp³-hybridized carbons (Fsp3) is 1.00. The summed E-state index contributed by atoms with van der Waals surface area (Å²) in [6, 6.07) is 0. The zero-order valence-corrected chi connectivity index (χ0v) is 14.5. The molecule has 0 heterocycles. The molecule has 0 radical (unpaired) electrons. The summed E-state index contributed by atoms with van der Waals surface area (Å²) in [4.78, 5) is 0. The molecule has 0 aromatic carbocycles. The lowest BCUT2D eigenvalue weighted by molar-refractivity contribution is 0.112. The molecule has 0 aliphatic heterocycles. The Balaban J connectivity index is 6.24. The number of hydrogen-bond acceptors (Lipinski definition) is 2. The molecule has 110 valence electrons. The molecule has 0 aliphatic rings. The van der Waals surface area contributed by atoms with Gasteiger partial charge in [-0.2, -0.15) is 8.42 Å². The van der Waals surface area contributed by atoms with Crippen LogP contribution in [0.25, 0.3) is 0 Å². The van der Waals surface area contributed by atoms with Crippen molar-refractivity contribution in [3.05, 3.63) is 0 Å². The highest BCUT2D eigenvalue weighted by Crippen LogP contribution is 2.59. The SMILES string of the molecule is CCC(C)(CC)C(P)(C(C)(CC)CC)S(=O)(=O)O. The molecule has 5 heteroatoms. The van der Waals surface area contributed by atoms with Gasteiger partial charge in [0.1, 0.15) is 4.49 Å². The highest BCUT2D eigenvalue weighted by molar-refractivity contribution is 7.91. The summed E-state index contributed by atoms with van der Waals surface area (Å²) < 4.78 is 32.9. The Labute approximate surface area is 115 Å². The summed E-state index contributed by atoms with van der Waals surface area (Å²) >= 11 is 0. The van der Waals surface area contributed by atoms with Crippen LogP contribution in [0.1, 0.15) is 67.2 Å². The lowest BCUT2D eigenvalue weighted by Gasteiger charge is -2.53. The molecular formula is C13H29O3PS. The van der Waals surface area contributed by atoms with Crippen LogP contribution in [0.15, 0.2) is 0 Å². The molecule has 1 atom stereocenters. The van der Waals surface area contributed by atoms with E-state index in [1.165, 1.54) is 0 Å². The summed E-state index contributed by atoms with van der Waals surface area (Å²) in [5.74, 6) is 0. The van der Waals surface area contributed by atoms with E-state index in [1.807, 2.05) is 41.5 Å². The van der Waals surface area contributed by atoms with Crippen LogP contribution in [0.2, 0.25) is 0 Å². The fourth-order valence-corrected chi connectivity index (χ4v) is 5.54. The van der Waals surface area contributed by atoms with Gasteiger partial charge in [-0.05, 0) is 36.5 Å². The summed E-state index contributed by atoms with van der Waals surface area (Å²) in [6.07, 6.45) is 2.84. The normalized spacial score (nSPS) is 14.9. The third-order valence-electron chi connectivity index (χ3n) is 5.32. The first-order valence-electron chi connectivity index (χ1n) is 6.75. The Morgan fingerprint density at radius 3 is 1.22 bits per heavy atom. The summed E-state index contributed by atoms with van der Waals surface area (Å²) in [7, 11) is -1.67. The Morgan fingerprint density at radius 2 is 1.11 bits per heavy atom. The van der Waals surface area contributed by atoms with Crippen LogP contribution in [0.3, 0.4) is 0 Å². The maximum atomic E-state index is 12.1. The van der Waals surface area contributed by atoms with Crippen molar-refractivity contribution in [2.75, 3.05) is 0 Å². The van der Waals surface area contributed by atoms with Crippen molar-refractivity contribution in [2.45, 2.75) is 71.7 Å². The first-order valence-corrected chi connectivity index (χ1v) is 8.77. The van der Waals surface area contributed by atoms with Crippen molar-refractivity contribution in [1.82, 2.24) is 0 Å². The Hall–Kier alpha value is 0.340. The fourth-order valence-electron chi connectivity index (χ4n) is 2.90. The van der Waals surface area contributed by atoms with Crippen LogP contribution in [0.4, 0.5) is 0 Å². The molecule has 0 spiro atoms. The van der Waals surface area contributed by atoms with E-state index in [0.717, 1.165) is 0 Å². The second-order valence-corrected chi connectivity index (χ2v) is 8.62. The van der Waals surface area contributed by atoms with Crippen LogP contribution in [-0.2, 0) is 10.1 Å². The molecule has 0 saturated heterocycles. The highest BCUT2D eigenvalue weighted by atomic mass is 32.2. The van der Waals surface area contributed by atoms with Gasteiger partial charge in [-0.15, -0.1) is 9.24 Å². The largest absolute Gasteiger partial charge is 0.285 e. The first kappa shape index (κ1) is 18.3.